The van der Waals surface area contributed by atoms with Gasteiger partial charge in [-0.05, 0) is 24.3 Å². The molecule has 1 saturated heterocycles. The summed E-state index contributed by atoms with van der Waals surface area (Å²) < 4.78 is 41.5. The average molecular weight is 364 g/mol. The number of alkyl halides is 3. The number of aliphatic carboxylic acids is 1. The van der Waals surface area contributed by atoms with Crippen molar-refractivity contribution < 1.29 is 37.3 Å². The van der Waals surface area contributed by atoms with Gasteiger partial charge in [-0.3, -0.25) is 0 Å². The maximum atomic E-state index is 10.9. The zero-order valence-electron chi connectivity index (χ0n) is 13.5. The molecule has 0 radical (unpaired) electrons. The van der Waals surface area contributed by atoms with Crippen LogP contribution in [0.2, 0.25) is 0 Å². The second kappa shape index (κ2) is 9.72. The van der Waals surface area contributed by atoms with Gasteiger partial charge in [-0.25, -0.2) is 9.59 Å². The minimum Gasteiger partial charge on any atom is -0.482 e. The number of hydrogen-bond donors (Lipinski definition) is 2. The van der Waals surface area contributed by atoms with Crippen molar-refractivity contribution in [3.8, 4) is 5.75 Å². The number of carboxylic acids is 1. The summed E-state index contributed by atoms with van der Waals surface area (Å²) in [7, 11) is 1.35. The van der Waals surface area contributed by atoms with Crippen molar-refractivity contribution in [2.45, 2.75) is 6.18 Å². The Labute approximate surface area is 142 Å². The van der Waals surface area contributed by atoms with Crippen LogP contribution in [-0.2, 0) is 14.3 Å². The summed E-state index contributed by atoms with van der Waals surface area (Å²) in [5, 5.41) is 10.4. The molecule has 0 saturated carbocycles. The van der Waals surface area contributed by atoms with Crippen molar-refractivity contribution in [2.24, 2.45) is 0 Å². The molecule has 0 unspecified atom stereocenters. The highest BCUT2D eigenvalue weighted by atomic mass is 19.4. The minimum atomic E-state index is -5.08. The number of carbonyl (C=O) groups is 2. The highest BCUT2D eigenvalue weighted by molar-refractivity contribution is 5.73. The van der Waals surface area contributed by atoms with E-state index in [-0.39, 0.29) is 12.6 Å². The van der Waals surface area contributed by atoms with E-state index >= 15 is 0 Å². The van der Waals surface area contributed by atoms with Crippen molar-refractivity contribution in [2.75, 3.05) is 44.8 Å². The van der Waals surface area contributed by atoms with E-state index in [0.717, 1.165) is 26.2 Å². The number of ether oxygens (including phenoxy) is 2. The third kappa shape index (κ3) is 7.75. The molecule has 1 aromatic rings. The van der Waals surface area contributed by atoms with Crippen LogP contribution in [-0.4, -0.2) is 63.1 Å². The third-order valence-electron chi connectivity index (χ3n) is 3.15. The molecule has 1 aliphatic rings. The van der Waals surface area contributed by atoms with E-state index in [2.05, 4.69) is 15.0 Å². The molecule has 0 aromatic heterocycles. The molecule has 25 heavy (non-hydrogen) atoms. The Hall–Kier alpha value is -2.49. The Morgan fingerprint density at radius 1 is 1.20 bits per heavy atom. The lowest BCUT2D eigenvalue weighted by atomic mass is 10.2. The van der Waals surface area contributed by atoms with Crippen LogP contribution < -0.4 is 15.0 Å². The molecular formula is C15H19F3N2O5. The molecule has 1 fully saturated rings. The third-order valence-corrected chi connectivity index (χ3v) is 3.15. The molecule has 10 heteroatoms. The molecule has 0 bridgehead atoms. The topological polar surface area (TPSA) is 88.1 Å². The first-order valence-electron chi connectivity index (χ1n) is 7.29. The van der Waals surface area contributed by atoms with Gasteiger partial charge in [-0.15, -0.1) is 0 Å². The Balaban J connectivity index is 0.000000381. The number of hydrogen-bond acceptors (Lipinski definition) is 6. The van der Waals surface area contributed by atoms with Gasteiger partial charge in [0.1, 0.15) is 5.75 Å². The first-order chi connectivity index (χ1) is 11.7. The predicted octanol–water partition coefficient (Wildman–Crippen LogP) is 1.28. The van der Waals surface area contributed by atoms with Gasteiger partial charge in [0.15, 0.2) is 6.61 Å². The SMILES string of the molecule is COC(=O)COc1ccc(N2CCNCC2)cc1.O=C(O)C(F)(F)F. The largest absolute Gasteiger partial charge is 0.490 e. The number of nitrogens with one attached hydrogen (secondary N) is 1. The lowest BCUT2D eigenvalue weighted by Gasteiger charge is -2.29. The van der Waals surface area contributed by atoms with Gasteiger partial charge in [-0.1, -0.05) is 0 Å². The number of carbonyl (C=O) groups excluding carboxylic acids is 1. The number of piperazine rings is 1. The summed E-state index contributed by atoms with van der Waals surface area (Å²) >= 11 is 0. The highest BCUT2D eigenvalue weighted by Crippen LogP contribution is 2.19. The van der Waals surface area contributed by atoms with E-state index in [0.29, 0.717) is 5.75 Å². The molecular weight excluding hydrogens is 345 g/mol. The van der Waals surface area contributed by atoms with Gasteiger partial charge in [0.05, 0.1) is 7.11 Å². The fourth-order valence-electron chi connectivity index (χ4n) is 1.88. The van der Waals surface area contributed by atoms with Crippen LogP contribution in [0.5, 0.6) is 5.75 Å². The maximum Gasteiger partial charge on any atom is 0.490 e. The van der Waals surface area contributed by atoms with Crippen LogP contribution in [0.1, 0.15) is 0 Å². The number of benzene rings is 1. The second-order valence-electron chi connectivity index (χ2n) is 4.90. The summed E-state index contributed by atoms with van der Waals surface area (Å²) in [5.41, 5.74) is 1.18. The molecule has 7 nitrogen and oxygen atoms in total. The molecule has 0 atom stereocenters. The smallest absolute Gasteiger partial charge is 0.482 e. The molecule has 0 spiro atoms. The molecule has 140 valence electrons. The fourth-order valence-corrected chi connectivity index (χ4v) is 1.88. The van der Waals surface area contributed by atoms with Crippen molar-refractivity contribution >= 4 is 17.6 Å². The van der Waals surface area contributed by atoms with Crippen LogP contribution in [0.3, 0.4) is 0 Å². The molecule has 1 aromatic carbocycles. The lowest BCUT2D eigenvalue weighted by Crippen LogP contribution is -2.43. The number of methoxy groups -OCH3 is 1. The minimum absolute atomic E-state index is 0.0521. The van der Waals surface area contributed by atoms with Gasteiger partial charge in [0, 0.05) is 31.9 Å². The molecule has 0 amide bonds. The van der Waals surface area contributed by atoms with Crippen LogP contribution >= 0.6 is 0 Å². The van der Waals surface area contributed by atoms with Gasteiger partial charge in [0.2, 0.25) is 0 Å². The molecule has 1 heterocycles. The lowest BCUT2D eigenvalue weighted by molar-refractivity contribution is -0.192. The Bertz CT molecular complexity index is 557. The van der Waals surface area contributed by atoms with E-state index in [1.165, 1.54) is 12.8 Å². The summed E-state index contributed by atoms with van der Waals surface area (Å²) in [4.78, 5) is 22.2. The number of rotatable bonds is 4. The van der Waals surface area contributed by atoms with E-state index < -0.39 is 12.1 Å². The normalized spacial score (nSPS) is 14.2. The number of esters is 1. The Morgan fingerprint density at radius 3 is 2.16 bits per heavy atom. The molecule has 2 rings (SSSR count). The van der Waals surface area contributed by atoms with Crippen LogP contribution in [0.4, 0.5) is 18.9 Å². The average Bonchev–Trinajstić information content (AvgIpc) is 2.60. The van der Waals surface area contributed by atoms with Crippen molar-refractivity contribution in [1.29, 1.82) is 0 Å². The Kier molecular flexibility index (Phi) is 7.99. The summed E-state index contributed by atoms with van der Waals surface area (Å²) in [6.07, 6.45) is -5.08. The van der Waals surface area contributed by atoms with Gasteiger partial charge < -0.3 is 24.8 Å². The number of halogens is 3. The first-order valence-corrected chi connectivity index (χ1v) is 7.29. The summed E-state index contributed by atoms with van der Waals surface area (Å²) in [6, 6.07) is 7.77. The molecule has 1 aliphatic heterocycles. The quantitative estimate of drug-likeness (QED) is 0.778. The Morgan fingerprint density at radius 2 is 1.72 bits per heavy atom. The zero-order chi connectivity index (χ0) is 18.9. The number of anilines is 1. The van der Waals surface area contributed by atoms with Gasteiger partial charge in [-0.2, -0.15) is 13.2 Å². The number of nitrogens with zero attached hydrogens (tertiary/aromatic N) is 1. The van der Waals surface area contributed by atoms with E-state index in [4.69, 9.17) is 14.6 Å². The molecule has 2 N–H and O–H groups in total. The first kappa shape index (κ1) is 20.6. The molecule has 0 aliphatic carbocycles. The van der Waals surface area contributed by atoms with Crippen molar-refractivity contribution in [3.63, 3.8) is 0 Å². The summed E-state index contributed by atoms with van der Waals surface area (Å²) in [6.45, 7) is 4.01. The van der Waals surface area contributed by atoms with E-state index in [1.54, 1.807) is 0 Å². The second-order valence-corrected chi connectivity index (χ2v) is 4.90. The van der Waals surface area contributed by atoms with E-state index in [1.807, 2.05) is 24.3 Å². The zero-order valence-corrected chi connectivity index (χ0v) is 13.5. The van der Waals surface area contributed by atoms with Gasteiger partial charge >= 0.3 is 18.1 Å². The maximum absolute atomic E-state index is 10.9. The van der Waals surface area contributed by atoms with Crippen molar-refractivity contribution in [3.05, 3.63) is 24.3 Å². The van der Waals surface area contributed by atoms with Gasteiger partial charge in [0.25, 0.3) is 0 Å². The predicted molar refractivity (Wildman–Crippen MR) is 82.7 cm³/mol. The number of carboxylic acid groups (broad SMARTS) is 1. The van der Waals surface area contributed by atoms with Crippen LogP contribution in [0.15, 0.2) is 24.3 Å². The standard InChI is InChI=1S/C13H18N2O3.C2HF3O2/c1-17-13(16)10-18-12-4-2-11(3-5-12)15-8-6-14-7-9-15;3-2(4,5)1(6)7/h2-5,14H,6-10H2,1H3;(H,6,7). The van der Waals surface area contributed by atoms with Crippen LogP contribution in [0.25, 0.3) is 0 Å². The highest BCUT2D eigenvalue weighted by Gasteiger charge is 2.38. The fraction of sp³-hybridized carbons (Fsp3) is 0.467. The van der Waals surface area contributed by atoms with E-state index in [9.17, 15) is 18.0 Å². The summed E-state index contributed by atoms with van der Waals surface area (Å²) in [5.74, 6) is -2.45. The van der Waals surface area contributed by atoms with Crippen molar-refractivity contribution in [1.82, 2.24) is 5.32 Å². The monoisotopic (exact) mass is 364 g/mol. The van der Waals surface area contributed by atoms with Crippen LogP contribution in [0, 0.1) is 0 Å².